The van der Waals surface area contributed by atoms with Crippen LogP contribution in [0.2, 0.25) is 0 Å². The molecule has 118 valence electrons. The maximum atomic E-state index is 12.1. The molecule has 0 heterocycles. The van der Waals surface area contributed by atoms with Gasteiger partial charge >= 0.3 is 5.97 Å². The molecule has 0 bridgehead atoms. The van der Waals surface area contributed by atoms with Crippen LogP contribution in [0.3, 0.4) is 0 Å². The zero-order chi connectivity index (χ0) is 17.2. The van der Waals surface area contributed by atoms with Crippen LogP contribution in [0.1, 0.15) is 10.4 Å². The minimum Gasteiger partial charge on any atom is -0.478 e. The van der Waals surface area contributed by atoms with E-state index in [0.29, 0.717) is 18.8 Å². The molecule has 0 fully saturated rings. The Morgan fingerprint density at radius 3 is 2.48 bits per heavy atom. The van der Waals surface area contributed by atoms with Crippen LogP contribution in [0.25, 0.3) is 0 Å². The van der Waals surface area contributed by atoms with Gasteiger partial charge in [0, 0.05) is 25.0 Å². The summed E-state index contributed by atoms with van der Waals surface area (Å²) in [6.07, 6.45) is 4.70. The fourth-order valence-corrected chi connectivity index (χ4v) is 1.76. The quantitative estimate of drug-likeness (QED) is 0.437. The smallest absolute Gasteiger partial charge is 0.335 e. The van der Waals surface area contributed by atoms with E-state index in [9.17, 15) is 9.59 Å². The van der Waals surface area contributed by atoms with Gasteiger partial charge in [-0.1, -0.05) is 18.2 Å². The molecule has 2 N–H and O–H groups in total. The standard InChI is InChI=1S/C17H17N3O3/c1-3-8-20(9-4-2)12-14(11-18)16(21)19-15-7-5-6-13(10-15)17(22)23/h3-7,10,12H,1-2,8-9H2,(H,19,21)(H,22,23)/b14-12-. The summed E-state index contributed by atoms with van der Waals surface area (Å²) in [6, 6.07) is 7.62. The molecule has 0 spiro atoms. The predicted octanol–water partition coefficient (Wildman–Crippen LogP) is 2.40. The average molecular weight is 311 g/mol. The van der Waals surface area contributed by atoms with Gasteiger partial charge in [-0.2, -0.15) is 5.26 Å². The molecule has 23 heavy (non-hydrogen) atoms. The minimum absolute atomic E-state index is 0.0465. The molecule has 1 rings (SSSR count). The average Bonchev–Trinajstić information content (AvgIpc) is 2.53. The molecule has 1 aromatic carbocycles. The first-order chi connectivity index (χ1) is 11.0. The third kappa shape index (κ3) is 5.52. The van der Waals surface area contributed by atoms with E-state index in [1.165, 1.54) is 24.4 Å². The number of amides is 1. The van der Waals surface area contributed by atoms with Crippen molar-refractivity contribution in [3.63, 3.8) is 0 Å². The number of nitrogens with zero attached hydrogens (tertiary/aromatic N) is 2. The van der Waals surface area contributed by atoms with Crippen molar-refractivity contribution in [3.05, 3.63) is 66.9 Å². The van der Waals surface area contributed by atoms with E-state index in [0.717, 1.165) is 0 Å². The molecule has 6 heteroatoms. The lowest BCUT2D eigenvalue weighted by Crippen LogP contribution is -2.21. The minimum atomic E-state index is -1.10. The van der Waals surface area contributed by atoms with E-state index < -0.39 is 11.9 Å². The van der Waals surface area contributed by atoms with Gasteiger partial charge in [0.1, 0.15) is 11.6 Å². The van der Waals surface area contributed by atoms with Crippen LogP contribution in [-0.4, -0.2) is 35.0 Å². The van der Waals surface area contributed by atoms with Gasteiger partial charge in [-0.15, -0.1) is 13.2 Å². The van der Waals surface area contributed by atoms with E-state index in [-0.39, 0.29) is 11.1 Å². The second-order valence-electron chi connectivity index (χ2n) is 4.53. The number of carbonyl (C=O) groups excluding carboxylic acids is 1. The van der Waals surface area contributed by atoms with Gasteiger partial charge < -0.3 is 15.3 Å². The second-order valence-corrected chi connectivity index (χ2v) is 4.53. The third-order valence-corrected chi connectivity index (χ3v) is 2.77. The van der Waals surface area contributed by atoms with Gasteiger partial charge in [0.2, 0.25) is 0 Å². The van der Waals surface area contributed by atoms with Crippen molar-refractivity contribution in [2.24, 2.45) is 0 Å². The van der Waals surface area contributed by atoms with Crippen molar-refractivity contribution in [2.45, 2.75) is 0 Å². The molecular weight excluding hydrogens is 294 g/mol. The van der Waals surface area contributed by atoms with Gasteiger partial charge in [0.05, 0.1) is 5.56 Å². The summed E-state index contributed by atoms with van der Waals surface area (Å²) in [7, 11) is 0. The lowest BCUT2D eigenvalue weighted by molar-refractivity contribution is -0.112. The van der Waals surface area contributed by atoms with Crippen LogP contribution >= 0.6 is 0 Å². The number of aromatic carboxylic acids is 1. The first kappa shape index (κ1) is 17.7. The number of benzene rings is 1. The zero-order valence-corrected chi connectivity index (χ0v) is 12.5. The van der Waals surface area contributed by atoms with Crippen molar-refractivity contribution in [1.29, 1.82) is 5.26 Å². The molecule has 1 amide bonds. The van der Waals surface area contributed by atoms with E-state index >= 15 is 0 Å². The third-order valence-electron chi connectivity index (χ3n) is 2.77. The highest BCUT2D eigenvalue weighted by atomic mass is 16.4. The van der Waals surface area contributed by atoms with Crippen LogP contribution < -0.4 is 5.32 Å². The maximum Gasteiger partial charge on any atom is 0.335 e. The van der Waals surface area contributed by atoms with E-state index in [4.69, 9.17) is 10.4 Å². The molecule has 0 atom stereocenters. The van der Waals surface area contributed by atoms with Gasteiger partial charge in [0.15, 0.2) is 0 Å². The largest absolute Gasteiger partial charge is 0.478 e. The van der Waals surface area contributed by atoms with Gasteiger partial charge in [-0.3, -0.25) is 4.79 Å². The Morgan fingerprint density at radius 2 is 1.96 bits per heavy atom. The van der Waals surface area contributed by atoms with E-state index in [2.05, 4.69) is 18.5 Å². The number of hydrogen-bond donors (Lipinski definition) is 2. The summed E-state index contributed by atoms with van der Waals surface area (Å²) in [6.45, 7) is 8.14. The lowest BCUT2D eigenvalue weighted by atomic mass is 10.2. The number of carbonyl (C=O) groups is 2. The topological polar surface area (TPSA) is 93.4 Å². The van der Waals surface area contributed by atoms with Crippen molar-refractivity contribution in [2.75, 3.05) is 18.4 Å². The Balaban J connectivity index is 2.94. The fraction of sp³-hybridized carbons (Fsp3) is 0.118. The summed E-state index contributed by atoms with van der Waals surface area (Å²) < 4.78 is 0. The first-order valence-corrected chi connectivity index (χ1v) is 6.74. The molecule has 0 aliphatic carbocycles. The molecule has 0 aliphatic heterocycles. The summed E-state index contributed by atoms with van der Waals surface area (Å²) >= 11 is 0. The molecule has 0 unspecified atom stereocenters. The molecule has 0 radical (unpaired) electrons. The molecule has 0 aliphatic rings. The first-order valence-electron chi connectivity index (χ1n) is 6.74. The van der Waals surface area contributed by atoms with E-state index in [1.54, 1.807) is 23.1 Å². The monoisotopic (exact) mass is 311 g/mol. The molecule has 6 nitrogen and oxygen atoms in total. The maximum absolute atomic E-state index is 12.1. The van der Waals surface area contributed by atoms with Gasteiger partial charge in [-0.05, 0) is 18.2 Å². The van der Waals surface area contributed by atoms with Crippen LogP contribution in [0, 0.1) is 11.3 Å². The van der Waals surface area contributed by atoms with Gasteiger partial charge in [-0.25, -0.2) is 4.79 Å². The van der Waals surface area contributed by atoms with Crippen molar-refractivity contribution in [1.82, 2.24) is 4.90 Å². The normalized spacial score (nSPS) is 10.3. The molecule has 0 saturated carbocycles. The highest BCUT2D eigenvalue weighted by molar-refractivity contribution is 6.06. The summed E-state index contributed by atoms with van der Waals surface area (Å²) in [4.78, 5) is 24.8. The predicted molar refractivity (Wildman–Crippen MR) is 87.7 cm³/mol. The lowest BCUT2D eigenvalue weighted by Gasteiger charge is -2.16. The van der Waals surface area contributed by atoms with Crippen molar-refractivity contribution in [3.8, 4) is 6.07 Å². The molecule has 0 aromatic heterocycles. The Hall–Kier alpha value is -3.33. The second kappa shape index (κ2) is 8.85. The van der Waals surface area contributed by atoms with Crippen LogP contribution in [-0.2, 0) is 4.79 Å². The number of anilines is 1. The number of carboxylic acids is 1. The van der Waals surface area contributed by atoms with Crippen LogP contribution in [0.5, 0.6) is 0 Å². The Bertz CT molecular complexity index is 677. The molecular formula is C17H17N3O3. The van der Waals surface area contributed by atoms with Crippen LogP contribution in [0.15, 0.2) is 61.3 Å². The molecule has 0 saturated heterocycles. The number of carboxylic acid groups (broad SMARTS) is 1. The van der Waals surface area contributed by atoms with Crippen molar-refractivity contribution < 1.29 is 14.7 Å². The van der Waals surface area contributed by atoms with E-state index in [1.807, 2.05) is 6.07 Å². The zero-order valence-electron chi connectivity index (χ0n) is 12.5. The number of rotatable bonds is 8. The number of nitrogens with one attached hydrogen (secondary N) is 1. The van der Waals surface area contributed by atoms with Gasteiger partial charge in [0.25, 0.3) is 5.91 Å². The highest BCUT2D eigenvalue weighted by Gasteiger charge is 2.12. The summed E-state index contributed by atoms with van der Waals surface area (Å²) in [5.41, 5.74) is 0.245. The summed E-state index contributed by atoms with van der Waals surface area (Å²) in [5.74, 6) is -1.71. The number of hydrogen-bond acceptors (Lipinski definition) is 4. The van der Waals surface area contributed by atoms with Crippen LogP contribution in [0.4, 0.5) is 5.69 Å². The molecule has 1 aromatic rings. The highest BCUT2D eigenvalue weighted by Crippen LogP contribution is 2.12. The fourth-order valence-electron chi connectivity index (χ4n) is 1.76. The Morgan fingerprint density at radius 1 is 1.30 bits per heavy atom. The SMILES string of the molecule is C=CCN(/C=C(/C#N)C(=O)Nc1cccc(C(=O)O)c1)CC=C. The Kier molecular flexibility index (Phi) is 6.82. The van der Waals surface area contributed by atoms with Crippen molar-refractivity contribution >= 4 is 17.6 Å². The number of nitriles is 1. The summed E-state index contributed by atoms with van der Waals surface area (Å²) in [5, 5.41) is 20.6. The Labute approximate surface area is 134 Å².